The summed E-state index contributed by atoms with van der Waals surface area (Å²) < 4.78 is 5.34. The molecule has 1 fully saturated rings. The molecular formula is C16H27N3O2S. The lowest BCUT2D eigenvalue weighted by atomic mass is 9.79. The number of hydrogen-bond acceptors (Lipinski definition) is 5. The first-order chi connectivity index (χ1) is 10.4. The molecule has 1 aliphatic rings. The first-order valence-electron chi connectivity index (χ1n) is 7.88. The number of nitrogens with zero attached hydrogens (tertiary/aromatic N) is 1. The third kappa shape index (κ3) is 4.06. The second kappa shape index (κ2) is 7.06. The van der Waals surface area contributed by atoms with Gasteiger partial charge in [0.2, 0.25) is 5.91 Å². The first kappa shape index (κ1) is 17.4. The molecule has 0 saturated carbocycles. The molecule has 0 spiro atoms. The van der Waals surface area contributed by atoms with E-state index in [1.807, 2.05) is 0 Å². The highest BCUT2D eigenvalue weighted by Crippen LogP contribution is 2.29. The van der Waals surface area contributed by atoms with Crippen molar-refractivity contribution in [2.45, 2.75) is 45.4 Å². The van der Waals surface area contributed by atoms with Crippen LogP contribution in [0, 0.1) is 5.41 Å². The fourth-order valence-electron chi connectivity index (χ4n) is 2.53. The summed E-state index contributed by atoms with van der Waals surface area (Å²) in [6, 6.07) is 0. The predicted octanol–water partition coefficient (Wildman–Crippen LogP) is 1.85. The minimum atomic E-state index is -0.447. The molecule has 0 aliphatic carbocycles. The number of hydrogen-bond donors (Lipinski definition) is 2. The molecule has 0 aromatic carbocycles. The maximum Gasteiger partial charge on any atom is 0.227 e. The first-order valence-corrected chi connectivity index (χ1v) is 8.76. The Morgan fingerprint density at radius 2 is 2.14 bits per heavy atom. The summed E-state index contributed by atoms with van der Waals surface area (Å²) in [5.41, 5.74) is 6.59. The molecule has 2 rings (SSSR count). The van der Waals surface area contributed by atoms with Gasteiger partial charge in [-0.1, -0.05) is 20.8 Å². The summed E-state index contributed by atoms with van der Waals surface area (Å²) in [5, 5.41) is 6.21. The number of thiazole rings is 1. The van der Waals surface area contributed by atoms with E-state index in [1.54, 1.807) is 11.3 Å². The Hall–Kier alpha value is -0.980. The smallest absolute Gasteiger partial charge is 0.227 e. The average Bonchev–Trinajstić information content (AvgIpc) is 2.97. The molecule has 124 valence electrons. The highest BCUT2D eigenvalue weighted by atomic mass is 32.1. The number of carbonyl (C=O) groups excluding carboxylic acids is 1. The van der Waals surface area contributed by atoms with Gasteiger partial charge in [-0.2, -0.15) is 0 Å². The fourth-order valence-corrected chi connectivity index (χ4v) is 3.55. The Labute approximate surface area is 136 Å². The Balaban J connectivity index is 1.85. The van der Waals surface area contributed by atoms with Crippen LogP contribution >= 0.6 is 11.3 Å². The van der Waals surface area contributed by atoms with Gasteiger partial charge >= 0.3 is 0 Å². The third-order valence-corrected chi connectivity index (χ3v) is 5.18. The molecule has 1 aliphatic heterocycles. The average molecular weight is 325 g/mol. The van der Waals surface area contributed by atoms with Crippen LogP contribution in [0.1, 0.15) is 44.3 Å². The zero-order valence-corrected chi connectivity index (χ0v) is 14.6. The summed E-state index contributed by atoms with van der Waals surface area (Å²) in [5.74, 6) is 0.0610. The maximum absolute atomic E-state index is 12.4. The predicted molar refractivity (Wildman–Crippen MR) is 89.1 cm³/mol. The van der Waals surface area contributed by atoms with Gasteiger partial charge in [-0.05, 0) is 12.8 Å². The van der Waals surface area contributed by atoms with Gasteiger partial charge in [0.05, 0.1) is 16.1 Å². The van der Waals surface area contributed by atoms with E-state index >= 15 is 0 Å². The number of nitrogens with two attached hydrogens (primary N) is 1. The van der Waals surface area contributed by atoms with Crippen LogP contribution in [-0.2, 0) is 21.4 Å². The van der Waals surface area contributed by atoms with Gasteiger partial charge in [-0.3, -0.25) is 4.79 Å². The van der Waals surface area contributed by atoms with Crippen molar-refractivity contribution >= 4 is 17.2 Å². The van der Waals surface area contributed by atoms with Gasteiger partial charge in [0.25, 0.3) is 0 Å². The van der Waals surface area contributed by atoms with Crippen molar-refractivity contribution in [1.82, 2.24) is 10.3 Å². The van der Waals surface area contributed by atoms with E-state index in [4.69, 9.17) is 10.5 Å². The van der Waals surface area contributed by atoms with Gasteiger partial charge in [-0.15, -0.1) is 11.3 Å². The van der Waals surface area contributed by atoms with E-state index in [0.29, 0.717) is 39.1 Å². The molecule has 5 nitrogen and oxygen atoms in total. The van der Waals surface area contributed by atoms with Gasteiger partial charge in [0, 0.05) is 43.5 Å². The second-order valence-corrected chi connectivity index (χ2v) is 7.92. The molecule has 0 bridgehead atoms. The molecule has 2 heterocycles. The summed E-state index contributed by atoms with van der Waals surface area (Å²) in [6.07, 6.45) is 2.19. The Morgan fingerprint density at radius 3 is 2.68 bits per heavy atom. The summed E-state index contributed by atoms with van der Waals surface area (Å²) >= 11 is 1.66. The number of aromatic nitrogens is 1. The van der Waals surface area contributed by atoms with Crippen molar-refractivity contribution in [1.29, 1.82) is 0 Å². The van der Waals surface area contributed by atoms with E-state index in [1.165, 1.54) is 0 Å². The fraction of sp³-hybridized carbons (Fsp3) is 0.750. The van der Waals surface area contributed by atoms with E-state index in [9.17, 15) is 4.79 Å². The third-order valence-electron chi connectivity index (χ3n) is 4.27. The number of ether oxygens (including phenoxy) is 1. The molecule has 1 aromatic heterocycles. The molecule has 6 heteroatoms. The highest BCUT2D eigenvalue weighted by molar-refractivity contribution is 7.09. The summed E-state index contributed by atoms with van der Waals surface area (Å²) in [4.78, 5) is 17.1. The Bertz CT molecular complexity index is 502. The molecule has 0 atom stereocenters. The molecule has 1 amide bonds. The second-order valence-electron chi connectivity index (χ2n) is 6.98. The molecule has 22 heavy (non-hydrogen) atoms. The van der Waals surface area contributed by atoms with Crippen LogP contribution in [0.3, 0.4) is 0 Å². The van der Waals surface area contributed by atoms with Crippen molar-refractivity contribution in [3.63, 3.8) is 0 Å². The van der Waals surface area contributed by atoms with Crippen LogP contribution in [-0.4, -0.2) is 37.2 Å². The van der Waals surface area contributed by atoms with Crippen molar-refractivity contribution in [3.05, 3.63) is 16.1 Å². The van der Waals surface area contributed by atoms with Crippen molar-refractivity contribution in [3.8, 4) is 0 Å². The minimum absolute atomic E-state index is 0.0610. The lowest BCUT2D eigenvalue weighted by molar-refractivity contribution is -0.135. The Morgan fingerprint density at radius 1 is 1.45 bits per heavy atom. The molecule has 1 saturated heterocycles. The standard InChI is InChI=1S/C16H27N3O2S/c1-15(2,3)12-10-22-13(19-12)4-7-18-14(20)16(11-17)5-8-21-9-6-16/h10H,4-9,11,17H2,1-3H3,(H,18,20). The topological polar surface area (TPSA) is 77.2 Å². The Kier molecular flexibility index (Phi) is 5.58. The highest BCUT2D eigenvalue weighted by Gasteiger charge is 2.38. The molecular weight excluding hydrogens is 298 g/mol. The van der Waals surface area contributed by atoms with Crippen LogP contribution in [0.2, 0.25) is 0 Å². The zero-order chi connectivity index (χ0) is 16.2. The monoisotopic (exact) mass is 325 g/mol. The number of carbonyl (C=O) groups is 1. The van der Waals surface area contributed by atoms with Gasteiger partial charge < -0.3 is 15.8 Å². The quantitative estimate of drug-likeness (QED) is 0.866. The lowest BCUT2D eigenvalue weighted by Crippen LogP contribution is -2.49. The minimum Gasteiger partial charge on any atom is -0.381 e. The van der Waals surface area contributed by atoms with E-state index in [-0.39, 0.29) is 11.3 Å². The van der Waals surface area contributed by atoms with Crippen molar-refractivity contribution < 1.29 is 9.53 Å². The van der Waals surface area contributed by atoms with Crippen LogP contribution in [0.5, 0.6) is 0 Å². The maximum atomic E-state index is 12.4. The van der Waals surface area contributed by atoms with Crippen LogP contribution in [0.15, 0.2) is 5.38 Å². The largest absolute Gasteiger partial charge is 0.381 e. The van der Waals surface area contributed by atoms with Gasteiger partial charge in [0.1, 0.15) is 0 Å². The van der Waals surface area contributed by atoms with E-state index in [0.717, 1.165) is 17.1 Å². The van der Waals surface area contributed by atoms with Crippen molar-refractivity contribution in [2.75, 3.05) is 26.3 Å². The summed E-state index contributed by atoms with van der Waals surface area (Å²) in [6.45, 7) is 8.70. The molecule has 3 N–H and O–H groups in total. The number of rotatable bonds is 5. The van der Waals surface area contributed by atoms with E-state index in [2.05, 4.69) is 36.5 Å². The van der Waals surface area contributed by atoms with Crippen LogP contribution < -0.4 is 11.1 Å². The normalized spacial score (nSPS) is 18.2. The zero-order valence-electron chi connectivity index (χ0n) is 13.8. The molecule has 0 unspecified atom stereocenters. The molecule has 0 radical (unpaired) electrons. The number of nitrogens with one attached hydrogen (secondary N) is 1. The molecule has 1 aromatic rings. The van der Waals surface area contributed by atoms with Crippen molar-refractivity contribution in [2.24, 2.45) is 11.1 Å². The summed E-state index contributed by atoms with van der Waals surface area (Å²) in [7, 11) is 0. The number of amides is 1. The van der Waals surface area contributed by atoms with Crippen LogP contribution in [0.4, 0.5) is 0 Å². The van der Waals surface area contributed by atoms with Gasteiger partial charge in [-0.25, -0.2) is 4.98 Å². The lowest BCUT2D eigenvalue weighted by Gasteiger charge is -2.34. The SMILES string of the molecule is CC(C)(C)c1csc(CCNC(=O)C2(CN)CCOCC2)n1. The van der Waals surface area contributed by atoms with Gasteiger partial charge in [0.15, 0.2) is 0 Å². The van der Waals surface area contributed by atoms with E-state index < -0.39 is 5.41 Å². The van der Waals surface area contributed by atoms with Crippen LogP contribution in [0.25, 0.3) is 0 Å².